The molecule has 0 radical (unpaired) electrons. The van der Waals surface area contributed by atoms with Crippen LogP contribution in [-0.4, -0.2) is 65.7 Å². The molecule has 3 aromatic carbocycles. The van der Waals surface area contributed by atoms with Gasteiger partial charge in [0.25, 0.3) is 5.92 Å². The minimum absolute atomic E-state index is 0.0356. The molecule has 57 heavy (non-hydrogen) atoms. The number of aromatic amines is 2. The van der Waals surface area contributed by atoms with Gasteiger partial charge in [0.1, 0.15) is 22.9 Å². The Balaban J connectivity index is 0.910. The molecule has 2 N–H and O–H groups in total. The zero-order valence-electron chi connectivity index (χ0n) is 33.2. The number of halogens is 2. The summed E-state index contributed by atoms with van der Waals surface area (Å²) in [4.78, 5) is 46.6. The van der Waals surface area contributed by atoms with Gasteiger partial charge in [-0.1, -0.05) is 30.3 Å². The SMILES string of the molecule is CC(C)(C)OC(=O)N1CC2(CC2)C[C@H]1c1ncc(-c2ccc3c(c2)C(F)(F)c2cc(-c4ccc5nc([C@@H]6C7CCC(C7)N6C(=O)OC(C)(C)C)[nH]c5c4)ccc2-3)[nH]1. The lowest BCUT2D eigenvalue weighted by molar-refractivity contribution is 0.00615. The number of amides is 2. The Kier molecular flexibility index (Phi) is 7.68. The Bertz CT molecular complexity index is 2470. The zero-order valence-corrected chi connectivity index (χ0v) is 33.2. The molecule has 10 nitrogen and oxygen atoms in total. The van der Waals surface area contributed by atoms with Crippen molar-refractivity contribution in [2.24, 2.45) is 11.3 Å². The first-order chi connectivity index (χ1) is 27.0. The van der Waals surface area contributed by atoms with Crippen LogP contribution in [0.5, 0.6) is 0 Å². The summed E-state index contributed by atoms with van der Waals surface area (Å²) in [6.45, 7) is 11.8. The van der Waals surface area contributed by atoms with Crippen LogP contribution >= 0.6 is 0 Å². The normalized spacial score (nSPS) is 24.0. The van der Waals surface area contributed by atoms with Gasteiger partial charge >= 0.3 is 12.2 Å². The molecular weight excluding hydrogens is 727 g/mol. The highest BCUT2D eigenvalue weighted by Gasteiger charge is 2.55. The summed E-state index contributed by atoms with van der Waals surface area (Å²) in [7, 11) is 0. The fourth-order valence-corrected chi connectivity index (χ4v) is 9.84. The van der Waals surface area contributed by atoms with Crippen molar-refractivity contribution in [1.29, 1.82) is 0 Å². The predicted octanol–water partition coefficient (Wildman–Crippen LogP) is 10.7. The van der Waals surface area contributed by atoms with Gasteiger partial charge in [0, 0.05) is 29.3 Å². The van der Waals surface area contributed by atoms with Crippen molar-refractivity contribution < 1.29 is 27.8 Å². The fraction of sp³-hybridized carbons (Fsp3) is 0.467. The van der Waals surface area contributed by atoms with Gasteiger partial charge in [0.05, 0.1) is 35.0 Å². The van der Waals surface area contributed by atoms with E-state index in [1.54, 1.807) is 35.4 Å². The van der Waals surface area contributed by atoms with Gasteiger partial charge in [-0.05, 0) is 138 Å². The van der Waals surface area contributed by atoms with Crippen molar-refractivity contribution in [3.8, 4) is 33.5 Å². The zero-order chi connectivity index (χ0) is 39.8. The summed E-state index contributed by atoms with van der Waals surface area (Å²) >= 11 is 0. The van der Waals surface area contributed by atoms with Crippen LogP contribution in [0.2, 0.25) is 0 Å². The van der Waals surface area contributed by atoms with E-state index in [0.29, 0.717) is 46.2 Å². The second kappa shape index (κ2) is 12.1. The molecule has 296 valence electrons. The van der Waals surface area contributed by atoms with Crippen molar-refractivity contribution in [3.05, 3.63) is 83.6 Å². The summed E-state index contributed by atoms with van der Waals surface area (Å²) < 4.78 is 44.5. The number of hydrogen-bond acceptors (Lipinski definition) is 6. The molecule has 4 fully saturated rings. The number of rotatable bonds is 4. The fourth-order valence-electron chi connectivity index (χ4n) is 9.84. The Morgan fingerprint density at radius 1 is 0.807 bits per heavy atom. The van der Waals surface area contributed by atoms with Crippen molar-refractivity contribution in [2.75, 3.05) is 6.54 Å². The molecule has 4 heterocycles. The van der Waals surface area contributed by atoms with Crippen LogP contribution in [0.3, 0.4) is 0 Å². The highest BCUT2D eigenvalue weighted by atomic mass is 19.3. The third-order valence-corrected chi connectivity index (χ3v) is 12.6. The van der Waals surface area contributed by atoms with E-state index in [1.807, 2.05) is 76.8 Å². The van der Waals surface area contributed by atoms with Crippen LogP contribution in [0.1, 0.15) is 115 Å². The molecule has 2 aliphatic heterocycles. The molecule has 5 aliphatic rings. The maximum atomic E-state index is 16.5. The Morgan fingerprint density at radius 3 is 2.16 bits per heavy atom. The third-order valence-electron chi connectivity index (χ3n) is 12.6. The van der Waals surface area contributed by atoms with Gasteiger partial charge in [-0.15, -0.1) is 0 Å². The first kappa shape index (κ1) is 36.1. The lowest BCUT2D eigenvalue weighted by atomic mass is 9.98. The highest BCUT2D eigenvalue weighted by Crippen LogP contribution is 2.59. The number of aromatic nitrogens is 4. The Morgan fingerprint density at radius 2 is 1.46 bits per heavy atom. The molecule has 4 atom stereocenters. The predicted molar refractivity (Wildman–Crippen MR) is 211 cm³/mol. The average molecular weight is 775 g/mol. The van der Waals surface area contributed by atoms with Crippen LogP contribution < -0.4 is 0 Å². The molecule has 2 amide bonds. The Labute approximate surface area is 330 Å². The maximum Gasteiger partial charge on any atom is 0.411 e. The van der Waals surface area contributed by atoms with E-state index in [-0.39, 0.29) is 46.9 Å². The van der Waals surface area contributed by atoms with Gasteiger partial charge in [-0.3, -0.25) is 9.80 Å². The van der Waals surface area contributed by atoms with Gasteiger partial charge < -0.3 is 19.4 Å². The summed E-state index contributed by atoms with van der Waals surface area (Å²) in [5.41, 5.74) is 4.02. The number of imidazole rings is 2. The quantitative estimate of drug-likeness (QED) is 0.188. The molecule has 2 saturated carbocycles. The van der Waals surface area contributed by atoms with Crippen molar-refractivity contribution >= 4 is 23.2 Å². The first-order valence-corrected chi connectivity index (χ1v) is 20.2. The van der Waals surface area contributed by atoms with E-state index in [4.69, 9.17) is 14.5 Å². The average Bonchev–Trinajstić information content (AvgIpc) is 3.78. The Hall–Kier alpha value is -5.26. The van der Waals surface area contributed by atoms with Gasteiger partial charge in [-0.2, -0.15) is 8.78 Å². The molecule has 12 heteroatoms. The summed E-state index contributed by atoms with van der Waals surface area (Å²) in [5.74, 6) is -1.56. The molecule has 2 unspecified atom stereocenters. The van der Waals surface area contributed by atoms with Gasteiger partial charge in [0.15, 0.2) is 0 Å². The van der Waals surface area contributed by atoms with Crippen molar-refractivity contribution in [3.63, 3.8) is 0 Å². The van der Waals surface area contributed by atoms with E-state index in [9.17, 15) is 9.59 Å². The smallest absolute Gasteiger partial charge is 0.411 e. The number of alkyl halides is 2. The summed E-state index contributed by atoms with van der Waals surface area (Å²) in [6.07, 6.45) is 6.83. The van der Waals surface area contributed by atoms with Crippen molar-refractivity contribution in [1.82, 2.24) is 29.7 Å². The molecule has 10 rings (SSSR count). The number of benzene rings is 3. The largest absolute Gasteiger partial charge is 0.444 e. The molecule has 5 aromatic rings. The highest BCUT2D eigenvalue weighted by molar-refractivity contribution is 5.87. The molecular formula is C45H48F2N6O4. The first-order valence-electron chi connectivity index (χ1n) is 20.2. The number of nitrogens with one attached hydrogen (secondary N) is 2. The number of hydrogen-bond donors (Lipinski definition) is 2. The number of nitrogens with zero attached hydrogens (tertiary/aromatic N) is 4. The standard InChI is InChI=1S/C45H48F2N6O4/c1-42(2,3)56-40(54)52-23-44(15-16-44)21-36(52)38-48-22-35(51-38)26-9-13-30-29-12-8-24(18-31(29)45(46,47)32(30)19-26)25-10-14-33-34(20-25)50-39(49-33)37-27-7-11-28(17-27)53(37)41(55)57-43(4,5)6/h8-10,12-14,18-20,22,27-28,36-37H,7,11,15-17,21,23H2,1-6H3,(H,48,51)(H,49,50)/t27?,28?,36-,37-/m0/s1. The van der Waals surface area contributed by atoms with E-state index in [1.165, 1.54) is 0 Å². The number of fused-ring (bicyclic) bond motifs is 6. The summed E-state index contributed by atoms with van der Waals surface area (Å²) in [6, 6.07) is 15.9. The molecule has 3 aliphatic carbocycles. The lowest BCUT2D eigenvalue weighted by Crippen LogP contribution is -2.43. The monoisotopic (exact) mass is 774 g/mol. The number of H-pyrrole nitrogens is 2. The number of carbonyl (C=O) groups is 2. The van der Waals surface area contributed by atoms with Crippen LogP contribution in [0.4, 0.5) is 18.4 Å². The van der Waals surface area contributed by atoms with Crippen LogP contribution in [0.25, 0.3) is 44.5 Å². The minimum atomic E-state index is -3.23. The van der Waals surface area contributed by atoms with E-state index in [0.717, 1.165) is 60.9 Å². The topological polar surface area (TPSA) is 116 Å². The number of carbonyl (C=O) groups excluding carboxylic acids is 2. The van der Waals surface area contributed by atoms with E-state index in [2.05, 4.69) is 15.0 Å². The molecule has 2 saturated heterocycles. The molecule has 2 aromatic heterocycles. The van der Waals surface area contributed by atoms with Crippen LogP contribution in [0.15, 0.2) is 60.8 Å². The third kappa shape index (κ3) is 6.09. The number of ether oxygens (including phenoxy) is 2. The van der Waals surface area contributed by atoms with Crippen molar-refractivity contribution in [2.45, 2.75) is 115 Å². The van der Waals surface area contributed by atoms with Crippen LogP contribution in [0, 0.1) is 11.3 Å². The molecule has 1 spiro atoms. The van der Waals surface area contributed by atoms with Crippen LogP contribution in [-0.2, 0) is 15.4 Å². The van der Waals surface area contributed by atoms with E-state index >= 15 is 8.78 Å². The minimum Gasteiger partial charge on any atom is -0.444 e. The lowest BCUT2D eigenvalue weighted by Gasteiger charge is -2.35. The van der Waals surface area contributed by atoms with Gasteiger partial charge in [0.2, 0.25) is 0 Å². The number of piperidine rings is 1. The molecule has 2 bridgehead atoms. The maximum absolute atomic E-state index is 16.5. The van der Waals surface area contributed by atoms with Gasteiger partial charge in [-0.25, -0.2) is 19.6 Å². The van der Waals surface area contributed by atoms with E-state index < -0.39 is 17.1 Å². The number of likely N-dealkylation sites (tertiary alicyclic amines) is 2. The second-order valence-corrected chi connectivity index (χ2v) is 19.0. The summed E-state index contributed by atoms with van der Waals surface area (Å²) in [5, 5.41) is 0. The second-order valence-electron chi connectivity index (χ2n) is 19.0.